The van der Waals surface area contributed by atoms with Crippen molar-refractivity contribution in [1.82, 2.24) is 0 Å². The van der Waals surface area contributed by atoms with Gasteiger partial charge in [-0.2, -0.15) is 0 Å². The second-order valence-corrected chi connectivity index (χ2v) is 36.7. The molecule has 2 aromatic rings. The molecule has 12 rings (SSSR count). The van der Waals surface area contributed by atoms with Crippen molar-refractivity contribution < 1.29 is 6.51 Å². The summed E-state index contributed by atoms with van der Waals surface area (Å²) in [6.07, 6.45) is 0. The molecule has 27 heavy (non-hydrogen) atoms. The van der Waals surface area contributed by atoms with Crippen molar-refractivity contribution in [3.05, 3.63) is 71.3 Å². The molecule has 10 aliphatic heterocycles. The molecule has 4 unspecified atom stereocenters. The van der Waals surface area contributed by atoms with Gasteiger partial charge in [-0.3, -0.25) is 0 Å². The van der Waals surface area contributed by atoms with E-state index in [4.69, 9.17) is 0 Å². The Morgan fingerprint density at radius 3 is 1.48 bits per heavy atom. The van der Waals surface area contributed by atoms with Gasteiger partial charge in [-0.15, -0.1) is 0 Å². The van der Waals surface area contributed by atoms with E-state index in [0.717, 1.165) is 15.4 Å². The predicted molar refractivity (Wildman–Crippen MR) is 102 cm³/mol. The summed E-state index contributed by atoms with van der Waals surface area (Å²) in [5.41, 5.74) is 3.38. The molecule has 0 aliphatic carbocycles. The fourth-order valence-corrected chi connectivity index (χ4v) is 91.0. The third-order valence-corrected chi connectivity index (χ3v) is 59.3. The van der Waals surface area contributed by atoms with E-state index in [1.807, 2.05) is 18.2 Å². The molecule has 10 saturated heterocycles. The fourth-order valence-electron chi connectivity index (χ4n) is 18.0. The molecule has 0 saturated carbocycles. The molecule has 10 aliphatic rings. The standard InChI is InChI=1S/C21H13.C5H5.Fe/c1-2-6-18(7-3-1)10-12-20-14-16-21(17-15-20)13-11-19-8-4-5-9-19;1-2-4-5-3-1;/h1-9,14-17H;1-5H;. The van der Waals surface area contributed by atoms with Crippen molar-refractivity contribution >= 4 is 0 Å². The van der Waals surface area contributed by atoms with Crippen molar-refractivity contribution in [3.63, 3.8) is 0 Å². The molecule has 0 N–H and O–H groups in total. The number of rotatable bonds is 0. The fraction of sp³-hybridized carbons (Fsp3) is 0.385. The predicted octanol–water partition coefficient (Wildman–Crippen LogP) is 6.20. The SMILES string of the molecule is C(#Cc1ccc(C#C[C]23[CH]4[CH]5[CH]6[CH]2[Fe]56432789[CH]3[CH]2[CH]7[CH]8[CH]39)cc1)c1ccccc1. The zero-order chi connectivity index (χ0) is 16.9. The van der Waals surface area contributed by atoms with Crippen LogP contribution in [-0.2, 0) is 6.51 Å². The zero-order valence-electron chi connectivity index (χ0n) is 14.7. The van der Waals surface area contributed by atoms with Crippen molar-refractivity contribution in [2.24, 2.45) is 0 Å². The molecule has 1 heteroatoms. The quantitative estimate of drug-likeness (QED) is 0.374. The van der Waals surface area contributed by atoms with E-state index in [1.54, 1.807) is 0 Å². The first-order valence-electron chi connectivity index (χ1n) is 10.5. The second kappa shape index (κ2) is 1.33. The van der Waals surface area contributed by atoms with Gasteiger partial charge >= 0.3 is 143 Å². The number of fused-ring (bicyclic) bond motifs is 10. The van der Waals surface area contributed by atoms with Crippen LogP contribution in [0.25, 0.3) is 0 Å². The van der Waals surface area contributed by atoms with Gasteiger partial charge in [0, 0.05) is 0 Å². The number of hydrogen-bond donors (Lipinski definition) is 0. The Kier molecular flexibility index (Phi) is 0.552. The summed E-state index contributed by atoms with van der Waals surface area (Å²) in [7, 11) is 0. The van der Waals surface area contributed by atoms with Gasteiger partial charge in [0.1, 0.15) is 0 Å². The average Bonchev–Trinajstić information content (AvgIpc) is 3.66. The Labute approximate surface area is 149 Å². The Morgan fingerprint density at radius 2 is 1.04 bits per heavy atom. The minimum absolute atomic E-state index is 0.727. The molecule has 0 bridgehead atoms. The van der Waals surface area contributed by atoms with Gasteiger partial charge in [0.05, 0.1) is 0 Å². The van der Waals surface area contributed by atoms with Crippen LogP contribution in [0.2, 0.25) is 47.7 Å². The van der Waals surface area contributed by atoms with E-state index in [2.05, 4.69) is 60.1 Å². The maximum absolute atomic E-state index is 4.08. The molecule has 0 nitrogen and oxygen atoms in total. The van der Waals surface area contributed by atoms with Crippen molar-refractivity contribution in [1.29, 1.82) is 0 Å². The average molecular weight is 386 g/mol. The van der Waals surface area contributed by atoms with E-state index in [1.165, 1.54) is 48.9 Å². The molecule has 10 heterocycles. The first-order chi connectivity index (χ1) is 13.1. The summed E-state index contributed by atoms with van der Waals surface area (Å²) in [6, 6.07) is 18.9. The summed E-state index contributed by atoms with van der Waals surface area (Å²) in [5.74, 6) is 14.3. The van der Waals surface area contributed by atoms with Gasteiger partial charge in [0.15, 0.2) is 0 Å². The monoisotopic (exact) mass is 386 g/mol. The van der Waals surface area contributed by atoms with Crippen LogP contribution < -0.4 is 0 Å². The topological polar surface area (TPSA) is 0 Å². The summed E-state index contributed by atoms with van der Waals surface area (Å²) >= 11 is 0. The van der Waals surface area contributed by atoms with Crippen molar-refractivity contribution in [2.45, 2.75) is 47.7 Å². The van der Waals surface area contributed by atoms with Gasteiger partial charge in [-0.25, -0.2) is 0 Å². The van der Waals surface area contributed by atoms with Crippen LogP contribution in [0.4, 0.5) is 0 Å². The third-order valence-electron chi connectivity index (χ3n) is 17.1. The summed E-state index contributed by atoms with van der Waals surface area (Å²) < 4.78 is 0.727. The summed E-state index contributed by atoms with van der Waals surface area (Å²) in [5, 5.41) is 0. The zero-order valence-corrected chi connectivity index (χ0v) is 15.9. The van der Waals surface area contributed by atoms with E-state index >= 15 is 0 Å². The Morgan fingerprint density at radius 1 is 0.556 bits per heavy atom. The first kappa shape index (κ1) is 11.2. The van der Waals surface area contributed by atoms with E-state index in [9.17, 15) is 0 Å². The molecule has 0 radical (unpaired) electrons. The van der Waals surface area contributed by atoms with Crippen LogP contribution >= 0.6 is 0 Å². The molecule has 4 atom stereocenters. The minimum atomic E-state index is -3.00. The molecule has 0 aromatic heterocycles. The molecular weight excluding hydrogens is 368 g/mol. The number of hydrogen-bond acceptors (Lipinski definition) is 0. The first-order valence-corrected chi connectivity index (χ1v) is 16.8. The van der Waals surface area contributed by atoms with Crippen LogP contribution in [0.3, 0.4) is 0 Å². The molecule has 0 amide bonds. The van der Waals surface area contributed by atoms with Crippen LogP contribution in [0.5, 0.6) is 0 Å². The van der Waals surface area contributed by atoms with Crippen LogP contribution in [0.15, 0.2) is 54.6 Å². The van der Waals surface area contributed by atoms with Gasteiger partial charge in [0.25, 0.3) is 0 Å². The Balaban J connectivity index is 0.977. The molecule has 10 fully saturated rings. The van der Waals surface area contributed by atoms with Gasteiger partial charge in [0.2, 0.25) is 0 Å². The molecular formula is C26H18Fe. The van der Waals surface area contributed by atoms with Crippen LogP contribution in [-0.4, -0.2) is 0 Å². The summed E-state index contributed by atoms with van der Waals surface area (Å²) in [4.78, 5) is 12.2. The van der Waals surface area contributed by atoms with Crippen molar-refractivity contribution in [2.75, 3.05) is 0 Å². The van der Waals surface area contributed by atoms with Gasteiger partial charge in [-0.05, 0) is 0 Å². The Bertz CT molecular complexity index is 1620. The molecule has 1 spiro atoms. The molecule has 2 aromatic carbocycles. The van der Waals surface area contributed by atoms with Crippen LogP contribution in [0, 0.1) is 23.7 Å². The maximum atomic E-state index is 4.08. The van der Waals surface area contributed by atoms with Gasteiger partial charge in [-0.1, -0.05) is 6.07 Å². The van der Waals surface area contributed by atoms with Crippen molar-refractivity contribution in [3.8, 4) is 23.7 Å². The number of benzene rings is 2. The Hall–Kier alpha value is -1.92. The normalized spacial score (nSPS) is 78.0. The van der Waals surface area contributed by atoms with Gasteiger partial charge < -0.3 is 0 Å². The second-order valence-electron chi connectivity index (χ2n) is 13.1. The third kappa shape index (κ3) is 0.204. The van der Waals surface area contributed by atoms with Crippen LogP contribution in [0.1, 0.15) is 16.7 Å². The van der Waals surface area contributed by atoms with E-state index in [0.29, 0.717) is 0 Å². The molecule has 130 valence electrons. The van der Waals surface area contributed by atoms with E-state index in [-0.39, 0.29) is 0 Å². The summed E-state index contributed by atoms with van der Waals surface area (Å²) in [6.45, 7) is -3.00. The van der Waals surface area contributed by atoms with E-state index < -0.39 is 6.51 Å².